The third-order valence-corrected chi connectivity index (χ3v) is 5.53. The van der Waals surface area contributed by atoms with Gasteiger partial charge in [0, 0.05) is 43.3 Å². The van der Waals surface area contributed by atoms with Crippen LogP contribution in [-0.4, -0.2) is 67.1 Å². The molecular formula is C19H32N4. The summed E-state index contributed by atoms with van der Waals surface area (Å²) >= 11 is 0. The summed E-state index contributed by atoms with van der Waals surface area (Å²) in [4.78, 5) is 12.1. The topological polar surface area (TPSA) is 22.6 Å². The first-order valence-electron chi connectivity index (χ1n) is 9.32. The lowest BCUT2D eigenvalue weighted by molar-refractivity contribution is 0.156. The molecule has 1 unspecified atom stereocenters. The molecule has 0 radical (unpaired) electrons. The zero-order valence-electron chi connectivity index (χ0n) is 14.9. The molecule has 2 saturated heterocycles. The fourth-order valence-electron chi connectivity index (χ4n) is 4.02. The van der Waals surface area contributed by atoms with Crippen LogP contribution in [0.3, 0.4) is 0 Å². The number of rotatable bonds is 4. The molecule has 0 bridgehead atoms. The first kappa shape index (κ1) is 16.7. The number of aryl methyl sites for hydroxylation is 1. The Kier molecular flexibility index (Phi) is 5.90. The summed E-state index contributed by atoms with van der Waals surface area (Å²) in [5.41, 5.74) is 2.45. The molecule has 1 aromatic rings. The SMILES string of the molecule is Cc1cc(N2CCCN(CCC3CCCCN3C)CC2)ccn1. The molecule has 3 rings (SSSR count). The highest BCUT2D eigenvalue weighted by Gasteiger charge is 2.21. The van der Waals surface area contributed by atoms with Crippen LogP contribution >= 0.6 is 0 Å². The van der Waals surface area contributed by atoms with Crippen molar-refractivity contribution < 1.29 is 0 Å². The number of hydrogen-bond donors (Lipinski definition) is 0. The first-order valence-corrected chi connectivity index (χ1v) is 9.32. The number of piperidine rings is 1. The second kappa shape index (κ2) is 8.11. The molecule has 4 heteroatoms. The van der Waals surface area contributed by atoms with E-state index >= 15 is 0 Å². The molecule has 2 fully saturated rings. The average molecular weight is 316 g/mol. The number of nitrogens with zero attached hydrogens (tertiary/aromatic N) is 4. The fourth-order valence-corrected chi connectivity index (χ4v) is 4.02. The highest BCUT2D eigenvalue weighted by molar-refractivity contribution is 5.46. The standard InChI is InChI=1S/C19H32N4/c1-17-16-19(7-9-20-17)23-12-5-11-22(14-15-23)13-8-18-6-3-4-10-21(18)2/h7,9,16,18H,3-6,8,10-15H2,1-2H3. The van der Waals surface area contributed by atoms with Crippen LogP contribution in [0, 0.1) is 6.92 Å². The summed E-state index contributed by atoms with van der Waals surface area (Å²) in [6.07, 6.45) is 8.74. The van der Waals surface area contributed by atoms with Gasteiger partial charge in [0.25, 0.3) is 0 Å². The van der Waals surface area contributed by atoms with E-state index in [1.165, 1.54) is 70.5 Å². The molecule has 0 N–H and O–H groups in total. The van der Waals surface area contributed by atoms with Crippen molar-refractivity contribution in [1.29, 1.82) is 0 Å². The van der Waals surface area contributed by atoms with Gasteiger partial charge in [0.15, 0.2) is 0 Å². The molecule has 0 saturated carbocycles. The zero-order valence-corrected chi connectivity index (χ0v) is 14.9. The van der Waals surface area contributed by atoms with Gasteiger partial charge < -0.3 is 14.7 Å². The molecule has 0 aromatic carbocycles. The quantitative estimate of drug-likeness (QED) is 0.852. The molecule has 2 aliphatic heterocycles. The van der Waals surface area contributed by atoms with Gasteiger partial charge in [-0.2, -0.15) is 0 Å². The van der Waals surface area contributed by atoms with Crippen LogP contribution in [0.1, 0.15) is 37.8 Å². The molecule has 0 aliphatic carbocycles. The second-order valence-electron chi connectivity index (χ2n) is 7.26. The maximum atomic E-state index is 4.32. The van der Waals surface area contributed by atoms with Gasteiger partial charge in [-0.1, -0.05) is 6.42 Å². The van der Waals surface area contributed by atoms with Crippen LogP contribution in [0.2, 0.25) is 0 Å². The minimum absolute atomic E-state index is 0.811. The Morgan fingerprint density at radius 3 is 2.83 bits per heavy atom. The lowest BCUT2D eigenvalue weighted by atomic mass is 10.00. The lowest BCUT2D eigenvalue weighted by Gasteiger charge is -2.34. The van der Waals surface area contributed by atoms with E-state index in [0.717, 1.165) is 18.3 Å². The van der Waals surface area contributed by atoms with Gasteiger partial charge in [-0.15, -0.1) is 0 Å². The van der Waals surface area contributed by atoms with Crippen molar-refractivity contribution in [3.8, 4) is 0 Å². The first-order chi connectivity index (χ1) is 11.2. The van der Waals surface area contributed by atoms with Gasteiger partial charge in [0.05, 0.1) is 0 Å². The Hall–Kier alpha value is -1.13. The summed E-state index contributed by atoms with van der Waals surface area (Å²) < 4.78 is 0. The van der Waals surface area contributed by atoms with Gasteiger partial charge in [0.1, 0.15) is 0 Å². The Bertz CT molecular complexity index is 490. The van der Waals surface area contributed by atoms with Crippen LogP contribution in [0.25, 0.3) is 0 Å². The van der Waals surface area contributed by atoms with E-state index in [1.807, 2.05) is 6.20 Å². The second-order valence-corrected chi connectivity index (χ2v) is 7.26. The Morgan fingerprint density at radius 2 is 2.00 bits per heavy atom. The zero-order chi connectivity index (χ0) is 16.1. The highest BCUT2D eigenvalue weighted by atomic mass is 15.2. The molecular weight excluding hydrogens is 284 g/mol. The van der Waals surface area contributed by atoms with Gasteiger partial charge >= 0.3 is 0 Å². The largest absolute Gasteiger partial charge is 0.370 e. The van der Waals surface area contributed by atoms with Crippen LogP contribution in [-0.2, 0) is 0 Å². The van der Waals surface area contributed by atoms with E-state index in [9.17, 15) is 0 Å². The molecule has 0 amide bonds. The summed E-state index contributed by atoms with van der Waals surface area (Å²) in [6.45, 7) is 9.38. The lowest BCUT2D eigenvalue weighted by Crippen LogP contribution is -2.39. The summed E-state index contributed by atoms with van der Waals surface area (Å²) in [7, 11) is 2.31. The van der Waals surface area contributed by atoms with E-state index < -0.39 is 0 Å². The summed E-state index contributed by atoms with van der Waals surface area (Å²) in [5, 5.41) is 0. The molecule has 4 nitrogen and oxygen atoms in total. The molecule has 23 heavy (non-hydrogen) atoms. The maximum absolute atomic E-state index is 4.32. The number of pyridine rings is 1. The maximum Gasteiger partial charge on any atom is 0.0400 e. The van der Waals surface area contributed by atoms with Gasteiger partial charge in [-0.05, 0) is 71.4 Å². The van der Waals surface area contributed by atoms with E-state index in [1.54, 1.807) is 0 Å². The minimum Gasteiger partial charge on any atom is -0.370 e. The Balaban J connectivity index is 1.48. The van der Waals surface area contributed by atoms with E-state index in [4.69, 9.17) is 0 Å². The number of aromatic nitrogens is 1. The van der Waals surface area contributed by atoms with E-state index in [-0.39, 0.29) is 0 Å². The summed E-state index contributed by atoms with van der Waals surface area (Å²) in [6, 6.07) is 5.18. The predicted molar refractivity (Wildman–Crippen MR) is 97.1 cm³/mol. The van der Waals surface area contributed by atoms with Crippen LogP contribution < -0.4 is 4.90 Å². The average Bonchev–Trinajstić information content (AvgIpc) is 2.80. The van der Waals surface area contributed by atoms with Crippen LogP contribution in [0.4, 0.5) is 5.69 Å². The van der Waals surface area contributed by atoms with Crippen molar-refractivity contribution in [2.75, 3.05) is 51.2 Å². The molecule has 3 heterocycles. The fraction of sp³-hybridized carbons (Fsp3) is 0.737. The Labute approximate surface area is 141 Å². The van der Waals surface area contributed by atoms with Crippen molar-refractivity contribution in [3.05, 3.63) is 24.0 Å². The van der Waals surface area contributed by atoms with Crippen LogP contribution in [0.5, 0.6) is 0 Å². The molecule has 2 aliphatic rings. The van der Waals surface area contributed by atoms with E-state index in [2.05, 4.69) is 45.8 Å². The smallest absolute Gasteiger partial charge is 0.0400 e. The monoisotopic (exact) mass is 316 g/mol. The molecule has 1 atom stereocenters. The van der Waals surface area contributed by atoms with Gasteiger partial charge in [0.2, 0.25) is 0 Å². The third-order valence-electron chi connectivity index (χ3n) is 5.53. The summed E-state index contributed by atoms with van der Waals surface area (Å²) in [5.74, 6) is 0. The van der Waals surface area contributed by atoms with Crippen molar-refractivity contribution in [1.82, 2.24) is 14.8 Å². The van der Waals surface area contributed by atoms with Gasteiger partial charge in [-0.25, -0.2) is 0 Å². The van der Waals surface area contributed by atoms with Crippen LogP contribution in [0.15, 0.2) is 18.3 Å². The predicted octanol–water partition coefficient (Wildman–Crippen LogP) is 2.78. The number of hydrogen-bond acceptors (Lipinski definition) is 4. The van der Waals surface area contributed by atoms with Crippen molar-refractivity contribution in [2.24, 2.45) is 0 Å². The molecule has 1 aromatic heterocycles. The molecule has 128 valence electrons. The molecule has 0 spiro atoms. The number of anilines is 1. The number of likely N-dealkylation sites (tertiary alicyclic amines) is 1. The Morgan fingerprint density at radius 1 is 1.09 bits per heavy atom. The highest BCUT2D eigenvalue weighted by Crippen LogP contribution is 2.20. The van der Waals surface area contributed by atoms with Crippen molar-refractivity contribution in [3.63, 3.8) is 0 Å². The van der Waals surface area contributed by atoms with Gasteiger partial charge in [-0.3, -0.25) is 4.98 Å². The minimum atomic E-state index is 0.811. The van der Waals surface area contributed by atoms with Crippen molar-refractivity contribution >= 4 is 5.69 Å². The van der Waals surface area contributed by atoms with E-state index in [0.29, 0.717) is 0 Å². The third kappa shape index (κ3) is 4.67. The normalized spacial score (nSPS) is 24.6. The van der Waals surface area contributed by atoms with Crippen molar-refractivity contribution in [2.45, 2.75) is 45.1 Å².